The first-order valence-electron chi connectivity index (χ1n) is 13.8. The van der Waals surface area contributed by atoms with Crippen molar-refractivity contribution in [3.05, 3.63) is 57.8 Å². The van der Waals surface area contributed by atoms with Crippen molar-refractivity contribution >= 4 is 58.9 Å². The number of halogens is 1. The molecule has 2 saturated heterocycles. The number of carbonyl (C=O) groups is 2. The van der Waals surface area contributed by atoms with Gasteiger partial charge in [-0.05, 0) is 24.3 Å². The quantitative estimate of drug-likeness (QED) is 0.397. The average Bonchev–Trinajstić information content (AvgIpc) is 3.40. The van der Waals surface area contributed by atoms with Gasteiger partial charge >= 0.3 is 12.0 Å². The summed E-state index contributed by atoms with van der Waals surface area (Å²) in [6, 6.07) is 6.64. The van der Waals surface area contributed by atoms with Crippen molar-refractivity contribution in [2.45, 2.75) is 31.6 Å². The van der Waals surface area contributed by atoms with E-state index in [9.17, 15) is 26.4 Å². The number of carbonyl (C=O) groups excluding carboxylic acids is 2. The van der Waals surface area contributed by atoms with Gasteiger partial charge in [0.2, 0.25) is 0 Å². The Bertz CT molecular complexity index is 1780. The number of nitrogens with one attached hydrogen (secondary N) is 1. The zero-order valence-electron chi connectivity index (χ0n) is 24.0. The summed E-state index contributed by atoms with van der Waals surface area (Å²) >= 11 is 1.40. The van der Waals surface area contributed by atoms with Crippen molar-refractivity contribution in [3.8, 4) is 0 Å². The Morgan fingerprint density at radius 1 is 1.14 bits per heavy atom. The van der Waals surface area contributed by atoms with Crippen LogP contribution in [0.15, 0.2) is 30.3 Å². The number of esters is 1. The molecule has 0 bridgehead atoms. The van der Waals surface area contributed by atoms with Gasteiger partial charge in [-0.15, -0.1) is 11.3 Å². The van der Waals surface area contributed by atoms with E-state index in [2.05, 4.69) is 10.1 Å². The first-order chi connectivity index (χ1) is 20.3. The van der Waals surface area contributed by atoms with Gasteiger partial charge in [0.25, 0.3) is 0 Å². The number of urea groups is 1. The third-order valence-corrected chi connectivity index (χ3v) is 12.6. The van der Waals surface area contributed by atoms with Gasteiger partial charge in [-0.25, -0.2) is 35.8 Å². The number of aromatic nitrogens is 1. The molecule has 11 nitrogen and oxygen atoms in total. The highest BCUT2D eigenvalue weighted by molar-refractivity contribution is 7.91. The van der Waals surface area contributed by atoms with Crippen molar-refractivity contribution in [2.24, 2.45) is 0 Å². The molecule has 1 unspecified atom stereocenters. The van der Waals surface area contributed by atoms with Crippen molar-refractivity contribution in [1.29, 1.82) is 0 Å². The molecule has 2 fully saturated rings. The van der Waals surface area contributed by atoms with Crippen LogP contribution in [0, 0.1) is 5.82 Å². The molecule has 0 aliphatic carbocycles. The van der Waals surface area contributed by atoms with Crippen LogP contribution in [0.25, 0.3) is 10.2 Å². The van der Waals surface area contributed by atoms with Crippen LogP contribution in [-0.4, -0.2) is 89.3 Å². The number of hydrogen-bond donors (Lipinski definition) is 1. The Labute approximate surface area is 253 Å². The van der Waals surface area contributed by atoms with Crippen molar-refractivity contribution in [3.63, 3.8) is 0 Å². The molecular weight excluding hydrogens is 620 g/mol. The van der Waals surface area contributed by atoms with E-state index in [1.165, 1.54) is 40.4 Å². The number of methoxy groups -OCH3 is 1. The largest absolute Gasteiger partial charge is 0.465 e. The van der Waals surface area contributed by atoms with Gasteiger partial charge in [-0.2, -0.15) is 0 Å². The number of ether oxygens (including phenoxy) is 1. The molecule has 1 aromatic heterocycles. The second kappa shape index (κ2) is 12.1. The summed E-state index contributed by atoms with van der Waals surface area (Å²) in [6.07, 6.45) is 0. The second-order valence-electron chi connectivity index (χ2n) is 11.0. The van der Waals surface area contributed by atoms with E-state index in [1.807, 2.05) is 13.8 Å². The summed E-state index contributed by atoms with van der Waals surface area (Å²) in [4.78, 5) is 33.5. The number of amides is 2. The summed E-state index contributed by atoms with van der Waals surface area (Å²) in [7, 11) is -5.64. The van der Waals surface area contributed by atoms with Gasteiger partial charge in [0, 0.05) is 48.9 Å². The molecule has 3 aromatic rings. The first-order valence-corrected chi connectivity index (χ1v) is 18.1. The third-order valence-electron chi connectivity index (χ3n) is 7.65. The minimum absolute atomic E-state index is 0.00690. The van der Waals surface area contributed by atoms with Crippen LogP contribution in [0.4, 0.5) is 14.9 Å². The van der Waals surface area contributed by atoms with E-state index >= 15 is 4.39 Å². The van der Waals surface area contributed by atoms with Gasteiger partial charge in [-0.3, -0.25) is 4.90 Å². The Kier molecular flexibility index (Phi) is 8.80. The third kappa shape index (κ3) is 6.54. The van der Waals surface area contributed by atoms with Crippen LogP contribution in [0.2, 0.25) is 0 Å². The smallest absolute Gasteiger partial charge is 0.337 e. The predicted molar refractivity (Wildman–Crippen MR) is 163 cm³/mol. The summed E-state index contributed by atoms with van der Waals surface area (Å²) in [5.74, 6) is -1.81. The van der Waals surface area contributed by atoms with Crippen LogP contribution in [-0.2, 0) is 31.0 Å². The van der Waals surface area contributed by atoms with Crippen LogP contribution >= 0.6 is 11.3 Å². The first kappa shape index (κ1) is 31.3. The normalized spacial score (nSPS) is 19.8. The van der Waals surface area contributed by atoms with Gasteiger partial charge < -0.3 is 15.0 Å². The second-order valence-corrected chi connectivity index (χ2v) is 16.6. The lowest BCUT2D eigenvalue weighted by Gasteiger charge is -2.33. The lowest BCUT2D eigenvalue weighted by atomic mass is 10.1. The number of fused-ring (bicyclic) bond motifs is 1. The molecule has 2 aliphatic rings. The summed E-state index contributed by atoms with van der Waals surface area (Å²) in [6.45, 7) is 4.16. The summed E-state index contributed by atoms with van der Waals surface area (Å²) in [5, 5.41) is 3.04. The highest BCUT2D eigenvalue weighted by Crippen LogP contribution is 2.39. The zero-order valence-corrected chi connectivity index (χ0v) is 26.4. The SMILES string of the molecule is COC(=O)c1ccc(CN(C(=O)N2CCS(=O)(=O)CC2)c2cc(C3CNCCS3(=O)=O)c3nc(C(C)C)sc3c2)c(F)c1. The van der Waals surface area contributed by atoms with Crippen LogP contribution in [0.3, 0.4) is 0 Å². The lowest BCUT2D eigenvalue weighted by Crippen LogP contribution is -2.50. The van der Waals surface area contributed by atoms with Crippen LogP contribution in [0.5, 0.6) is 0 Å². The van der Waals surface area contributed by atoms with E-state index in [0.29, 0.717) is 28.0 Å². The maximum absolute atomic E-state index is 15.3. The van der Waals surface area contributed by atoms with Crippen molar-refractivity contribution in [1.82, 2.24) is 15.2 Å². The number of rotatable bonds is 6. The molecule has 1 atom stereocenters. The van der Waals surface area contributed by atoms with Gasteiger partial charge in [0.1, 0.15) is 11.1 Å². The number of thiazole rings is 1. The topological polar surface area (TPSA) is 143 Å². The number of sulfone groups is 2. The number of nitrogens with zero attached hydrogens (tertiary/aromatic N) is 3. The Morgan fingerprint density at radius 3 is 2.49 bits per heavy atom. The standard InChI is InChI=1S/C28H33FN4O7S3/c1-17(2)26-31-25-21(24-15-30-6-9-43(24,38)39)13-20(14-23(25)41-26)33(28(35)32-7-10-42(36,37)11-8-32)16-19-5-4-18(12-22(19)29)27(34)40-3/h4-5,12-14,17,24,30H,6-11,15-16H2,1-3H3. The van der Waals surface area contributed by atoms with Crippen molar-refractivity contribution in [2.75, 3.05) is 55.4 Å². The molecule has 1 N–H and O–H groups in total. The average molecular weight is 653 g/mol. The van der Waals surface area contributed by atoms with E-state index < -0.39 is 42.7 Å². The molecule has 3 heterocycles. The predicted octanol–water partition coefficient (Wildman–Crippen LogP) is 3.26. The van der Waals surface area contributed by atoms with Crippen LogP contribution in [0.1, 0.15) is 51.5 Å². The summed E-state index contributed by atoms with van der Waals surface area (Å²) < 4.78 is 71.3. The minimum Gasteiger partial charge on any atom is -0.465 e. The molecule has 0 radical (unpaired) electrons. The molecule has 2 aliphatic heterocycles. The Balaban J connectivity index is 1.64. The molecule has 0 spiro atoms. The van der Waals surface area contributed by atoms with E-state index in [0.717, 1.165) is 11.1 Å². The highest BCUT2D eigenvalue weighted by atomic mass is 32.2. The number of anilines is 1. The maximum Gasteiger partial charge on any atom is 0.337 e. The highest BCUT2D eigenvalue weighted by Gasteiger charge is 2.35. The fourth-order valence-electron chi connectivity index (χ4n) is 5.16. The fraction of sp³-hybridized carbons (Fsp3) is 0.464. The molecule has 2 aromatic carbocycles. The molecule has 232 valence electrons. The van der Waals surface area contributed by atoms with Gasteiger partial charge in [0.05, 0.1) is 51.7 Å². The van der Waals surface area contributed by atoms with Gasteiger partial charge in [-0.1, -0.05) is 19.9 Å². The van der Waals surface area contributed by atoms with Gasteiger partial charge in [0.15, 0.2) is 19.7 Å². The molecule has 43 heavy (non-hydrogen) atoms. The zero-order chi connectivity index (χ0) is 31.1. The van der Waals surface area contributed by atoms with Crippen molar-refractivity contribution < 1.29 is 35.6 Å². The van der Waals surface area contributed by atoms with Crippen LogP contribution < -0.4 is 10.2 Å². The Hall–Kier alpha value is -3.14. The van der Waals surface area contributed by atoms with E-state index in [4.69, 9.17) is 4.98 Å². The number of hydrogen-bond acceptors (Lipinski definition) is 10. The fourth-order valence-corrected chi connectivity index (χ4v) is 9.05. The molecule has 2 amide bonds. The monoisotopic (exact) mass is 652 g/mol. The van der Waals surface area contributed by atoms with E-state index in [-0.39, 0.29) is 60.5 Å². The molecule has 0 saturated carbocycles. The molecule has 5 rings (SSSR count). The summed E-state index contributed by atoms with van der Waals surface area (Å²) in [5.41, 5.74) is 1.43. The Morgan fingerprint density at radius 2 is 1.86 bits per heavy atom. The van der Waals surface area contributed by atoms with E-state index in [1.54, 1.807) is 12.1 Å². The minimum atomic E-state index is -3.54. The number of benzene rings is 2. The maximum atomic E-state index is 15.3. The molecular formula is C28H33FN4O7S3. The molecule has 15 heteroatoms. The lowest BCUT2D eigenvalue weighted by molar-refractivity contribution is 0.0600.